The van der Waals surface area contributed by atoms with E-state index in [1.54, 1.807) is 12.3 Å². The Labute approximate surface area is 83.5 Å². The van der Waals surface area contributed by atoms with Crippen molar-refractivity contribution in [2.24, 2.45) is 11.7 Å². The zero-order valence-corrected chi connectivity index (χ0v) is 8.45. The van der Waals surface area contributed by atoms with Gasteiger partial charge >= 0.3 is 0 Å². The van der Waals surface area contributed by atoms with Crippen LogP contribution in [-0.4, -0.2) is 10.9 Å². The maximum absolute atomic E-state index is 11.3. The number of nitrogens with one attached hydrogen (secondary N) is 1. The van der Waals surface area contributed by atoms with Gasteiger partial charge in [0.05, 0.1) is 0 Å². The normalized spacial score (nSPS) is 10.3. The molecule has 1 aromatic rings. The lowest BCUT2D eigenvalue weighted by Crippen LogP contribution is -2.18. The molecule has 0 aliphatic carbocycles. The first-order chi connectivity index (χ1) is 6.63. The third kappa shape index (κ3) is 2.81. The second-order valence-corrected chi connectivity index (χ2v) is 3.40. The third-order valence-electron chi connectivity index (χ3n) is 1.84. The van der Waals surface area contributed by atoms with Crippen LogP contribution in [0.15, 0.2) is 18.3 Å². The van der Waals surface area contributed by atoms with Crippen molar-refractivity contribution in [1.29, 1.82) is 0 Å². The minimum atomic E-state index is -0.0432. The van der Waals surface area contributed by atoms with E-state index in [-0.39, 0.29) is 11.8 Å². The number of hydrogen-bond donors (Lipinski definition) is 2. The molecule has 0 atom stereocenters. The number of carbonyl (C=O) groups excluding carboxylic acids is 1. The fourth-order valence-electron chi connectivity index (χ4n) is 0.940. The van der Waals surface area contributed by atoms with Crippen molar-refractivity contribution in [1.82, 2.24) is 4.98 Å². The van der Waals surface area contributed by atoms with Gasteiger partial charge in [-0.1, -0.05) is 13.8 Å². The summed E-state index contributed by atoms with van der Waals surface area (Å²) in [6.45, 7) is 4.12. The highest BCUT2D eigenvalue weighted by molar-refractivity contribution is 5.91. The fourth-order valence-corrected chi connectivity index (χ4v) is 0.940. The average molecular weight is 193 g/mol. The monoisotopic (exact) mass is 193 g/mol. The standard InChI is InChI=1S/C10H15N3O/c1-7(2)10(14)13-9-5-8(6-11)3-4-12-9/h3-5,7H,6,11H2,1-2H3,(H,12,13,14). The van der Waals surface area contributed by atoms with Crippen LogP contribution in [0.4, 0.5) is 5.82 Å². The quantitative estimate of drug-likeness (QED) is 0.756. The van der Waals surface area contributed by atoms with Gasteiger partial charge in [-0.3, -0.25) is 4.79 Å². The van der Waals surface area contributed by atoms with Crippen LogP contribution in [0.3, 0.4) is 0 Å². The van der Waals surface area contributed by atoms with Crippen LogP contribution in [0.25, 0.3) is 0 Å². The summed E-state index contributed by atoms with van der Waals surface area (Å²) in [5.41, 5.74) is 6.43. The molecule has 0 aliphatic rings. The Kier molecular flexibility index (Phi) is 3.59. The summed E-state index contributed by atoms with van der Waals surface area (Å²) in [5, 5.41) is 2.71. The first-order valence-electron chi connectivity index (χ1n) is 4.59. The predicted molar refractivity (Wildman–Crippen MR) is 55.6 cm³/mol. The Morgan fingerprint density at radius 2 is 2.36 bits per heavy atom. The highest BCUT2D eigenvalue weighted by atomic mass is 16.1. The molecule has 76 valence electrons. The third-order valence-corrected chi connectivity index (χ3v) is 1.84. The first-order valence-corrected chi connectivity index (χ1v) is 4.59. The van der Waals surface area contributed by atoms with Gasteiger partial charge in [-0.25, -0.2) is 4.98 Å². The number of amides is 1. The van der Waals surface area contributed by atoms with Crippen LogP contribution in [-0.2, 0) is 11.3 Å². The Morgan fingerprint density at radius 3 is 2.93 bits per heavy atom. The SMILES string of the molecule is CC(C)C(=O)Nc1cc(CN)ccn1. The van der Waals surface area contributed by atoms with E-state index in [0.29, 0.717) is 12.4 Å². The lowest BCUT2D eigenvalue weighted by Gasteiger charge is -2.07. The Bertz CT molecular complexity index is 323. The predicted octanol–water partition coefficient (Wildman–Crippen LogP) is 1.13. The van der Waals surface area contributed by atoms with Crippen LogP contribution in [0.1, 0.15) is 19.4 Å². The van der Waals surface area contributed by atoms with Crippen molar-refractivity contribution in [2.75, 3.05) is 5.32 Å². The van der Waals surface area contributed by atoms with Gasteiger partial charge in [0.15, 0.2) is 0 Å². The molecule has 4 heteroatoms. The molecule has 1 heterocycles. The first kappa shape index (κ1) is 10.7. The van der Waals surface area contributed by atoms with E-state index < -0.39 is 0 Å². The van der Waals surface area contributed by atoms with Crippen molar-refractivity contribution in [3.05, 3.63) is 23.9 Å². The van der Waals surface area contributed by atoms with E-state index in [4.69, 9.17) is 5.73 Å². The molecule has 0 saturated heterocycles. The zero-order valence-electron chi connectivity index (χ0n) is 8.45. The van der Waals surface area contributed by atoms with Gasteiger partial charge in [-0.05, 0) is 17.7 Å². The van der Waals surface area contributed by atoms with Crippen molar-refractivity contribution in [3.8, 4) is 0 Å². The number of hydrogen-bond acceptors (Lipinski definition) is 3. The number of nitrogens with two attached hydrogens (primary N) is 1. The zero-order chi connectivity index (χ0) is 10.6. The smallest absolute Gasteiger partial charge is 0.228 e. The summed E-state index contributed by atoms with van der Waals surface area (Å²) in [6, 6.07) is 3.60. The lowest BCUT2D eigenvalue weighted by atomic mass is 10.2. The second kappa shape index (κ2) is 4.72. The minimum Gasteiger partial charge on any atom is -0.326 e. The molecule has 1 aromatic heterocycles. The molecule has 0 unspecified atom stereocenters. The second-order valence-electron chi connectivity index (χ2n) is 3.40. The van der Waals surface area contributed by atoms with E-state index >= 15 is 0 Å². The number of carbonyl (C=O) groups is 1. The van der Waals surface area contributed by atoms with Crippen molar-refractivity contribution in [3.63, 3.8) is 0 Å². The molecule has 0 aromatic carbocycles. The Morgan fingerprint density at radius 1 is 1.64 bits per heavy atom. The van der Waals surface area contributed by atoms with E-state index in [0.717, 1.165) is 5.56 Å². The summed E-state index contributed by atoms with van der Waals surface area (Å²) in [4.78, 5) is 15.4. The Hall–Kier alpha value is -1.42. The number of rotatable bonds is 3. The largest absolute Gasteiger partial charge is 0.326 e. The van der Waals surface area contributed by atoms with E-state index in [2.05, 4.69) is 10.3 Å². The van der Waals surface area contributed by atoms with E-state index in [1.807, 2.05) is 19.9 Å². The van der Waals surface area contributed by atoms with Crippen LogP contribution in [0.5, 0.6) is 0 Å². The fraction of sp³-hybridized carbons (Fsp3) is 0.400. The molecular weight excluding hydrogens is 178 g/mol. The molecule has 1 rings (SSSR count). The van der Waals surface area contributed by atoms with E-state index in [9.17, 15) is 4.79 Å². The summed E-state index contributed by atoms with van der Waals surface area (Å²) >= 11 is 0. The summed E-state index contributed by atoms with van der Waals surface area (Å²) in [7, 11) is 0. The van der Waals surface area contributed by atoms with Gasteiger partial charge in [-0.2, -0.15) is 0 Å². The van der Waals surface area contributed by atoms with E-state index in [1.165, 1.54) is 0 Å². The maximum Gasteiger partial charge on any atom is 0.228 e. The van der Waals surface area contributed by atoms with Crippen molar-refractivity contribution < 1.29 is 4.79 Å². The topological polar surface area (TPSA) is 68.0 Å². The molecule has 0 aliphatic heterocycles. The number of aromatic nitrogens is 1. The summed E-state index contributed by atoms with van der Waals surface area (Å²) in [6.07, 6.45) is 1.64. The van der Waals surface area contributed by atoms with Crippen molar-refractivity contribution in [2.45, 2.75) is 20.4 Å². The van der Waals surface area contributed by atoms with Gasteiger partial charge in [0.2, 0.25) is 5.91 Å². The molecule has 0 radical (unpaired) electrons. The molecule has 0 spiro atoms. The molecule has 14 heavy (non-hydrogen) atoms. The lowest BCUT2D eigenvalue weighted by molar-refractivity contribution is -0.118. The number of nitrogens with zero attached hydrogens (tertiary/aromatic N) is 1. The van der Waals surface area contributed by atoms with Crippen LogP contribution in [0.2, 0.25) is 0 Å². The minimum absolute atomic E-state index is 0.0355. The Balaban J connectivity index is 2.72. The van der Waals surface area contributed by atoms with Gasteiger partial charge < -0.3 is 11.1 Å². The number of pyridine rings is 1. The van der Waals surface area contributed by atoms with Gasteiger partial charge in [0.25, 0.3) is 0 Å². The molecule has 0 saturated carbocycles. The highest BCUT2D eigenvalue weighted by Crippen LogP contribution is 2.07. The average Bonchev–Trinajstić information content (AvgIpc) is 2.18. The van der Waals surface area contributed by atoms with Crippen LogP contribution < -0.4 is 11.1 Å². The molecule has 0 bridgehead atoms. The highest BCUT2D eigenvalue weighted by Gasteiger charge is 2.07. The van der Waals surface area contributed by atoms with Crippen LogP contribution >= 0.6 is 0 Å². The van der Waals surface area contributed by atoms with Crippen molar-refractivity contribution >= 4 is 11.7 Å². The molecule has 3 N–H and O–H groups in total. The number of anilines is 1. The molecule has 4 nitrogen and oxygen atoms in total. The molecular formula is C10H15N3O. The maximum atomic E-state index is 11.3. The van der Waals surface area contributed by atoms with Gasteiger partial charge in [0.1, 0.15) is 5.82 Å². The van der Waals surface area contributed by atoms with Gasteiger partial charge in [-0.15, -0.1) is 0 Å². The molecule has 0 fully saturated rings. The van der Waals surface area contributed by atoms with Crippen LogP contribution in [0, 0.1) is 5.92 Å². The molecule has 1 amide bonds. The summed E-state index contributed by atoms with van der Waals surface area (Å²) < 4.78 is 0. The summed E-state index contributed by atoms with van der Waals surface area (Å²) in [5.74, 6) is 0.483. The van der Waals surface area contributed by atoms with Gasteiger partial charge in [0, 0.05) is 18.7 Å².